The summed E-state index contributed by atoms with van der Waals surface area (Å²) < 4.78 is 6.14. The van der Waals surface area contributed by atoms with E-state index in [4.69, 9.17) is 4.74 Å². The zero-order valence-corrected chi connectivity index (χ0v) is 18.5. The van der Waals surface area contributed by atoms with Crippen molar-refractivity contribution < 1.29 is 24.2 Å². The van der Waals surface area contributed by atoms with Crippen molar-refractivity contribution in [3.05, 3.63) is 63.2 Å². The lowest BCUT2D eigenvalue weighted by molar-refractivity contribution is -0.139. The molecule has 1 aliphatic rings. The highest BCUT2D eigenvalue weighted by Crippen LogP contribution is 2.17. The maximum absolute atomic E-state index is 12.5. The Labute approximate surface area is 188 Å². The summed E-state index contributed by atoms with van der Waals surface area (Å²) in [5, 5.41) is 12.1. The van der Waals surface area contributed by atoms with Crippen LogP contribution >= 0.6 is 22.6 Å². The van der Waals surface area contributed by atoms with E-state index in [0.29, 0.717) is 30.0 Å². The molecule has 7 nitrogen and oxygen atoms in total. The Kier molecular flexibility index (Phi) is 7.67. The molecular weight excluding hydrogens is 499 g/mol. The van der Waals surface area contributed by atoms with Crippen molar-refractivity contribution in [2.75, 3.05) is 13.1 Å². The topological polar surface area (TPSA) is 95.9 Å². The number of nitrogens with zero attached hydrogens (tertiary/aromatic N) is 1. The number of carbonyl (C=O) groups excluding carboxylic acids is 2. The number of carboxylic acids is 1. The van der Waals surface area contributed by atoms with Crippen molar-refractivity contribution in [2.24, 2.45) is 0 Å². The number of carboxylic acid groups (broad SMARTS) is 1. The third-order valence-electron chi connectivity index (χ3n) is 4.90. The Balaban J connectivity index is 1.60. The molecule has 0 aromatic heterocycles. The molecule has 0 saturated carbocycles. The minimum atomic E-state index is -1.12. The third-order valence-corrected chi connectivity index (χ3v) is 5.85. The Morgan fingerprint density at radius 2 is 1.70 bits per heavy atom. The van der Waals surface area contributed by atoms with Gasteiger partial charge in [0.05, 0.1) is 5.56 Å². The van der Waals surface area contributed by atoms with Gasteiger partial charge in [-0.15, -0.1) is 0 Å². The maximum atomic E-state index is 12.5. The highest BCUT2D eigenvalue weighted by atomic mass is 127. The van der Waals surface area contributed by atoms with Crippen LogP contribution in [-0.2, 0) is 11.2 Å². The first kappa shape index (κ1) is 22.1. The van der Waals surface area contributed by atoms with Gasteiger partial charge in [-0.05, 0) is 71.7 Å². The number of ether oxygens (including phenoxy) is 1. The molecule has 1 aliphatic heterocycles. The van der Waals surface area contributed by atoms with Gasteiger partial charge in [0.1, 0.15) is 11.8 Å². The molecule has 0 bridgehead atoms. The molecular formula is C22H23IN2O5. The molecule has 1 heterocycles. The van der Waals surface area contributed by atoms with Crippen LogP contribution in [0.3, 0.4) is 0 Å². The van der Waals surface area contributed by atoms with Crippen molar-refractivity contribution in [3.63, 3.8) is 0 Å². The van der Waals surface area contributed by atoms with Gasteiger partial charge in [-0.1, -0.05) is 24.3 Å². The lowest BCUT2D eigenvalue weighted by Gasteiger charge is -2.25. The van der Waals surface area contributed by atoms with Crippen LogP contribution in [0.25, 0.3) is 0 Å². The number of carbonyl (C=O) groups is 3. The third kappa shape index (κ3) is 5.94. The minimum Gasteiger partial charge on any atom is -0.480 e. The molecule has 0 aliphatic carbocycles. The van der Waals surface area contributed by atoms with Gasteiger partial charge in [0.15, 0.2) is 0 Å². The van der Waals surface area contributed by atoms with Crippen LogP contribution in [0.1, 0.15) is 35.2 Å². The van der Waals surface area contributed by atoms with E-state index in [2.05, 4.69) is 5.32 Å². The highest BCUT2D eigenvalue weighted by molar-refractivity contribution is 14.1. The number of benzene rings is 2. The molecule has 2 aromatic carbocycles. The van der Waals surface area contributed by atoms with Crippen molar-refractivity contribution in [1.29, 1.82) is 0 Å². The summed E-state index contributed by atoms with van der Waals surface area (Å²) in [5.74, 6) is -1.14. The first-order valence-corrected chi connectivity index (χ1v) is 10.9. The van der Waals surface area contributed by atoms with Crippen LogP contribution in [0.2, 0.25) is 0 Å². The summed E-state index contributed by atoms with van der Waals surface area (Å²) in [5.41, 5.74) is 1.15. The van der Waals surface area contributed by atoms with Gasteiger partial charge >= 0.3 is 12.1 Å². The second-order valence-electron chi connectivity index (χ2n) is 7.11. The predicted molar refractivity (Wildman–Crippen MR) is 120 cm³/mol. The van der Waals surface area contributed by atoms with E-state index < -0.39 is 17.9 Å². The fourth-order valence-corrected chi connectivity index (χ4v) is 3.88. The number of hydrogen-bond acceptors (Lipinski definition) is 4. The standard InChI is InChI=1S/C22H23IN2O5/c23-18-7-3-2-6-17(18)20(26)24-19(21(27)28)14-15-8-10-16(11-9-15)30-22(29)25-12-4-1-5-13-25/h2-3,6-11,19H,1,4-5,12-14H2,(H,24,26)(H,27,28)/t19-/m0/s1. The van der Waals surface area contributed by atoms with Gasteiger partial charge < -0.3 is 20.1 Å². The van der Waals surface area contributed by atoms with Gasteiger partial charge in [0.2, 0.25) is 0 Å². The van der Waals surface area contributed by atoms with Crippen LogP contribution in [-0.4, -0.2) is 47.1 Å². The summed E-state index contributed by atoms with van der Waals surface area (Å²) in [6.07, 6.45) is 2.85. The number of nitrogens with one attached hydrogen (secondary N) is 1. The van der Waals surface area contributed by atoms with Crippen LogP contribution < -0.4 is 10.1 Å². The molecule has 30 heavy (non-hydrogen) atoms. The van der Waals surface area contributed by atoms with E-state index in [1.807, 2.05) is 28.7 Å². The molecule has 0 unspecified atom stereocenters. The summed E-state index contributed by atoms with van der Waals surface area (Å²) in [7, 11) is 0. The Bertz CT molecular complexity index is 910. The first-order chi connectivity index (χ1) is 14.4. The van der Waals surface area contributed by atoms with Crippen LogP contribution in [0.5, 0.6) is 5.75 Å². The average molecular weight is 522 g/mol. The fourth-order valence-electron chi connectivity index (χ4n) is 3.25. The number of likely N-dealkylation sites (tertiary alicyclic amines) is 1. The second-order valence-corrected chi connectivity index (χ2v) is 8.27. The smallest absolute Gasteiger partial charge is 0.415 e. The van der Waals surface area contributed by atoms with E-state index in [0.717, 1.165) is 22.8 Å². The van der Waals surface area contributed by atoms with Crippen molar-refractivity contribution in [2.45, 2.75) is 31.7 Å². The summed E-state index contributed by atoms with van der Waals surface area (Å²) in [4.78, 5) is 38.0. The number of hydrogen-bond donors (Lipinski definition) is 2. The zero-order valence-electron chi connectivity index (χ0n) is 16.3. The Hall–Kier alpha value is -2.62. The molecule has 1 atom stereocenters. The molecule has 0 spiro atoms. The van der Waals surface area contributed by atoms with E-state index in [1.165, 1.54) is 0 Å². The Morgan fingerprint density at radius 1 is 1.03 bits per heavy atom. The van der Waals surface area contributed by atoms with Crippen molar-refractivity contribution in [1.82, 2.24) is 10.2 Å². The summed E-state index contributed by atoms with van der Waals surface area (Å²) in [6.45, 7) is 1.41. The van der Waals surface area contributed by atoms with Gasteiger partial charge in [-0.2, -0.15) is 0 Å². The number of aliphatic carboxylic acids is 1. The maximum Gasteiger partial charge on any atom is 0.415 e. The fraction of sp³-hybridized carbons (Fsp3) is 0.318. The van der Waals surface area contributed by atoms with Crippen molar-refractivity contribution >= 4 is 40.6 Å². The van der Waals surface area contributed by atoms with Gasteiger partial charge in [-0.3, -0.25) is 4.79 Å². The molecule has 158 valence electrons. The molecule has 8 heteroatoms. The zero-order chi connectivity index (χ0) is 21.5. The molecule has 0 radical (unpaired) electrons. The number of piperidine rings is 1. The summed E-state index contributed by atoms with van der Waals surface area (Å²) in [6, 6.07) is 12.6. The van der Waals surface area contributed by atoms with Crippen LogP contribution in [0, 0.1) is 3.57 Å². The molecule has 2 N–H and O–H groups in total. The Morgan fingerprint density at radius 3 is 2.33 bits per heavy atom. The molecule has 1 saturated heterocycles. The molecule has 1 fully saturated rings. The van der Waals surface area contributed by atoms with E-state index in [9.17, 15) is 19.5 Å². The lowest BCUT2D eigenvalue weighted by Crippen LogP contribution is -2.42. The van der Waals surface area contributed by atoms with E-state index in [-0.39, 0.29) is 12.5 Å². The van der Waals surface area contributed by atoms with Gasteiger partial charge in [0, 0.05) is 23.1 Å². The normalized spacial score (nSPS) is 14.6. The van der Waals surface area contributed by atoms with Crippen LogP contribution in [0.4, 0.5) is 4.79 Å². The predicted octanol–water partition coefficient (Wildman–Crippen LogP) is 3.70. The number of rotatable bonds is 6. The quantitative estimate of drug-likeness (QED) is 0.565. The molecule has 2 aromatic rings. The van der Waals surface area contributed by atoms with Gasteiger partial charge in [-0.25, -0.2) is 9.59 Å². The summed E-state index contributed by atoms with van der Waals surface area (Å²) >= 11 is 2.04. The van der Waals surface area contributed by atoms with E-state index in [1.54, 1.807) is 47.4 Å². The number of halogens is 1. The van der Waals surface area contributed by atoms with Crippen molar-refractivity contribution in [3.8, 4) is 5.75 Å². The average Bonchev–Trinajstić information content (AvgIpc) is 2.75. The second kappa shape index (κ2) is 10.4. The number of amides is 2. The van der Waals surface area contributed by atoms with E-state index >= 15 is 0 Å². The molecule has 2 amide bonds. The lowest BCUT2D eigenvalue weighted by atomic mass is 10.1. The SMILES string of the molecule is O=C(N[C@@H](Cc1ccc(OC(=O)N2CCCCC2)cc1)C(=O)O)c1ccccc1I. The largest absolute Gasteiger partial charge is 0.480 e. The minimum absolute atomic E-state index is 0.116. The van der Waals surface area contributed by atoms with Crippen LogP contribution in [0.15, 0.2) is 48.5 Å². The van der Waals surface area contributed by atoms with Gasteiger partial charge in [0.25, 0.3) is 5.91 Å². The molecule has 3 rings (SSSR count). The highest BCUT2D eigenvalue weighted by Gasteiger charge is 2.22. The first-order valence-electron chi connectivity index (χ1n) is 9.78. The monoisotopic (exact) mass is 522 g/mol.